The van der Waals surface area contributed by atoms with Gasteiger partial charge < -0.3 is 10.0 Å². The maximum absolute atomic E-state index is 12.4. The van der Waals surface area contributed by atoms with Crippen LogP contribution in [0.2, 0.25) is 0 Å². The van der Waals surface area contributed by atoms with Gasteiger partial charge in [0.25, 0.3) is 10.2 Å². The molecule has 118 valence electrons. The van der Waals surface area contributed by atoms with Crippen LogP contribution in [0.5, 0.6) is 0 Å². The van der Waals surface area contributed by atoms with Crippen molar-refractivity contribution in [2.75, 3.05) is 32.8 Å². The highest BCUT2D eigenvalue weighted by atomic mass is 32.2. The van der Waals surface area contributed by atoms with Crippen molar-refractivity contribution in [1.82, 2.24) is 13.9 Å². The van der Waals surface area contributed by atoms with Gasteiger partial charge in [0.05, 0.1) is 6.61 Å². The normalized spacial score (nSPS) is 27.8. The second-order valence-corrected chi connectivity index (χ2v) is 7.63. The largest absolute Gasteiger partial charge is 0.395 e. The molecule has 0 amide bonds. The molecule has 7 heteroatoms. The van der Waals surface area contributed by atoms with Gasteiger partial charge in [0, 0.05) is 25.2 Å². The molecule has 2 heterocycles. The maximum atomic E-state index is 12.4. The topological polar surface area (TPSA) is 72.9 Å². The van der Waals surface area contributed by atoms with Gasteiger partial charge >= 0.3 is 0 Å². The van der Waals surface area contributed by atoms with E-state index in [2.05, 4.69) is 9.62 Å². The quantitative estimate of drug-likeness (QED) is 0.733. The second kappa shape index (κ2) is 7.17. The Balaban J connectivity index is 1.91. The Labute approximate surface area is 122 Å². The van der Waals surface area contributed by atoms with Crippen molar-refractivity contribution >= 4 is 10.2 Å². The van der Waals surface area contributed by atoms with Crippen molar-refractivity contribution in [1.29, 1.82) is 0 Å². The number of piperidine rings is 1. The van der Waals surface area contributed by atoms with Crippen LogP contribution in [0.1, 0.15) is 39.0 Å². The first-order chi connectivity index (χ1) is 9.53. The lowest BCUT2D eigenvalue weighted by Gasteiger charge is -2.34. The van der Waals surface area contributed by atoms with E-state index in [0.29, 0.717) is 6.54 Å². The molecule has 0 aliphatic carbocycles. The Bertz CT molecular complexity index is 396. The summed E-state index contributed by atoms with van der Waals surface area (Å²) in [6.45, 7) is 5.22. The molecule has 2 unspecified atom stereocenters. The number of aliphatic hydroxyl groups excluding tert-OH is 1. The van der Waals surface area contributed by atoms with E-state index in [9.17, 15) is 13.5 Å². The lowest BCUT2D eigenvalue weighted by Crippen LogP contribution is -2.53. The first-order valence-electron chi connectivity index (χ1n) is 7.65. The molecular weight excluding hydrogens is 278 g/mol. The average molecular weight is 305 g/mol. The van der Waals surface area contributed by atoms with Gasteiger partial charge in [-0.25, -0.2) is 0 Å². The molecule has 2 saturated heterocycles. The molecule has 0 bridgehead atoms. The zero-order chi connectivity index (χ0) is 14.6. The number of nitrogens with zero attached hydrogens (tertiary/aromatic N) is 2. The summed E-state index contributed by atoms with van der Waals surface area (Å²) >= 11 is 0. The minimum absolute atomic E-state index is 0.0958. The third-order valence-corrected chi connectivity index (χ3v) is 5.97. The molecule has 2 N–H and O–H groups in total. The van der Waals surface area contributed by atoms with Crippen molar-refractivity contribution in [2.24, 2.45) is 0 Å². The third kappa shape index (κ3) is 4.14. The van der Waals surface area contributed by atoms with Gasteiger partial charge in [0.15, 0.2) is 0 Å². The van der Waals surface area contributed by atoms with Crippen LogP contribution in [-0.4, -0.2) is 67.6 Å². The van der Waals surface area contributed by atoms with E-state index < -0.39 is 10.2 Å². The molecule has 0 radical (unpaired) electrons. The molecule has 2 aliphatic rings. The lowest BCUT2D eigenvalue weighted by molar-refractivity contribution is 0.153. The summed E-state index contributed by atoms with van der Waals surface area (Å²) in [5.74, 6) is 0. The summed E-state index contributed by atoms with van der Waals surface area (Å²) in [4.78, 5) is 2.30. The molecule has 2 aliphatic heterocycles. The number of nitrogens with one attached hydrogen (secondary N) is 1. The highest BCUT2D eigenvalue weighted by molar-refractivity contribution is 7.87. The van der Waals surface area contributed by atoms with Gasteiger partial charge in [-0.3, -0.25) is 0 Å². The Morgan fingerprint density at radius 3 is 2.50 bits per heavy atom. The Morgan fingerprint density at radius 2 is 1.85 bits per heavy atom. The van der Waals surface area contributed by atoms with Crippen LogP contribution < -0.4 is 4.72 Å². The van der Waals surface area contributed by atoms with Gasteiger partial charge in [0.2, 0.25) is 0 Å². The predicted octanol–water partition coefficient (Wildman–Crippen LogP) is 0.152. The summed E-state index contributed by atoms with van der Waals surface area (Å²) in [5, 5.41) is 9.35. The molecule has 2 fully saturated rings. The fourth-order valence-corrected chi connectivity index (χ4v) is 4.84. The summed E-state index contributed by atoms with van der Waals surface area (Å²) in [6.07, 6.45) is 5.02. The maximum Gasteiger partial charge on any atom is 0.280 e. The molecule has 0 aromatic carbocycles. The van der Waals surface area contributed by atoms with Crippen LogP contribution in [0.3, 0.4) is 0 Å². The number of hydrogen-bond acceptors (Lipinski definition) is 4. The van der Waals surface area contributed by atoms with E-state index in [1.54, 1.807) is 0 Å². The molecule has 0 spiro atoms. The number of rotatable bonds is 6. The smallest absolute Gasteiger partial charge is 0.280 e. The predicted molar refractivity (Wildman–Crippen MR) is 78.6 cm³/mol. The van der Waals surface area contributed by atoms with E-state index in [1.165, 1.54) is 17.1 Å². The van der Waals surface area contributed by atoms with E-state index in [-0.39, 0.29) is 18.7 Å². The molecule has 0 aromatic rings. The minimum Gasteiger partial charge on any atom is -0.395 e. The van der Waals surface area contributed by atoms with Crippen LogP contribution in [-0.2, 0) is 10.2 Å². The Morgan fingerprint density at radius 1 is 1.20 bits per heavy atom. The van der Waals surface area contributed by atoms with Gasteiger partial charge in [-0.05, 0) is 45.7 Å². The summed E-state index contributed by atoms with van der Waals surface area (Å²) < 4.78 is 29.1. The monoisotopic (exact) mass is 305 g/mol. The van der Waals surface area contributed by atoms with E-state index in [1.807, 2.05) is 6.92 Å². The van der Waals surface area contributed by atoms with Crippen molar-refractivity contribution < 1.29 is 13.5 Å². The van der Waals surface area contributed by atoms with Crippen LogP contribution in [0.4, 0.5) is 0 Å². The number of hydrogen-bond donors (Lipinski definition) is 2. The van der Waals surface area contributed by atoms with Gasteiger partial charge in [-0.2, -0.15) is 17.4 Å². The van der Waals surface area contributed by atoms with Crippen molar-refractivity contribution in [3.8, 4) is 0 Å². The number of likely N-dealkylation sites (tertiary alicyclic amines) is 1. The summed E-state index contributed by atoms with van der Waals surface area (Å²) in [5.41, 5.74) is 0. The van der Waals surface area contributed by atoms with E-state index >= 15 is 0 Å². The van der Waals surface area contributed by atoms with E-state index in [4.69, 9.17) is 0 Å². The van der Waals surface area contributed by atoms with Crippen molar-refractivity contribution in [3.05, 3.63) is 0 Å². The SMILES string of the molecule is CC(CN1CCCC1)NS(=O)(=O)N1CCCCC1CO. The fraction of sp³-hybridized carbons (Fsp3) is 1.00. The third-order valence-electron chi connectivity index (χ3n) is 4.17. The molecule has 0 aromatic heterocycles. The zero-order valence-electron chi connectivity index (χ0n) is 12.3. The summed E-state index contributed by atoms with van der Waals surface area (Å²) in [6, 6.07) is -0.361. The Hall–Kier alpha value is -0.210. The van der Waals surface area contributed by atoms with Gasteiger partial charge in [-0.15, -0.1) is 0 Å². The van der Waals surface area contributed by atoms with Crippen molar-refractivity contribution in [2.45, 2.75) is 51.1 Å². The molecular formula is C13H27N3O3S. The molecule has 0 saturated carbocycles. The number of aliphatic hydroxyl groups is 1. The molecule has 2 atom stereocenters. The average Bonchev–Trinajstić information content (AvgIpc) is 2.90. The summed E-state index contributed by atoms with van der Waals surface area (Å²) in [7, 11) is -3.49. The highest BCUT2D eigenvalue weighted by Gasteiger charge is 2.32. The second-order valence-electron chi connectivity index (χ2n) is 5.97. The van der Waals surface area contributed by atoms with E-state index in [0.717, 1.165) is 38.9 Å². The standard InChI is InChI=1S/C13H27N3O3S/c1-12(10-15-7-4-5-8-15)14-20(18,19)16-9-3-2-6-13(16)11-17/h12-14,17H,2-11H2,1H3. The van der Waals surface area contributed by atoms with Crippen LogP contribution in [0.15, 0.2) is 0 Å². The highest BCUT2D eigenvalue weighted by Crippen LogP contribution is 2.19. The van der Waals surface area contributed by atoms with Crippen LogP contribution in [0.25, 0.3) is 0 Å². The minimum atomic E-state index is -3.49. The lowest BCUT2D eigenvalue weighted by atomic mass is 10.1. The van der Waals surface area contributed by atoms with Crippen LogP contribution >= 0.6 is 0 Å². The molecule has 6 nitrogen and oxygen atoms in total. The first-order valence-corrected chi connectivity index (χ1v) is 9.09. The fourth-order valence-electron chi connectivity index (χ4n) is 3.18. The molecule has 2 rings (SSSR count). The van der Waals surface area contributed by atoms with Gasteiger partial charge in [0.1, 0.15) is 0 Å². The first kappa shape index (κ1) is 16.2. The van der Waals surface area contributed by atoms with Crippen LogP contribution in [0, 0.1) is 0 Å². The molecule has 20 heavy (non-hydrogen) atoms. The van der Waals surface area contributed by atoms with Crippen molar-refractivity contribution in [3.63, 3.8) is 0 Å². The Kier molecular flexibility index (Phi) is 5.80. The zero-order valence-corrected chi connectivity index (χ0v) is 13.1. The van der Waals surface area contributed by atoms with Gasteiger partial charge in [-0.1, -0.05) is 6.42 Å².